The van der Waals surface area contributed by atoms with Crippen LogP contribution in [-0.4, -0.2) is 27.9 Å². The summed E-state index contributed by atoms with van der Waals surface area (Å²) in [5.41, 5.74) is 0. The van der Waals surface area contributed by atoms with Gasteiger partial charge in [0.1, 0.15) is 6.20 Å². The van der Waals surface area contributed by atoms with Crippen LogP contribution < -0.4 is 4.90 Å². The Kier molecular flexibility index (Phi) is 3.01. The minimum Gasteiger partial charge on any atom is -0.358 e. The number of fused-ring (bicyclic) bond motifs is 1. The van der Waals surface area contributed by atoms with E-state index in [4.69, 9.17) is 0 Å². The fraction of sp³-hybridized carbons (Fsp3) is 0.500. The molecule has 0 aromatic carbocycles. The molecule has 6 nitrogen and oxygen atoms in total. The number of thiazole rings is 1. The molecular formula is C10H14N4O2S. The van der Waals surface area contributed by atoms with Crippen LogP contribution in [0.2, 0.25) is 0 Å². The third-order valence-corrected chi connectivity index (χ3v) is 3.15. The molecule has 0 amide bonds. The monoisotopic (exact) mass is 254 g/mol. The molecule has 0 bridgehead atoms. The highest BCUT2D eigenvalue weighted by Crippen LogP contribution is 2.30. The molecule has 0 unspecified atom stereocenters. The van der Waals surface area contributed by atoms with Crippen molar-refractivity contribution in [1.82, 2.24) is 9.38 Å². The Labute approximate surface area is 103 Å². The molecule has 0 N–H and O–H groups in total. The van der Waals surface area contributed by atoms with Crippen LogP contribution in [0.15, 0.2) is 11.6 Å². The highest BCUT2D eigenvalue weighted by atomic mass is 32.1. The number of hydrogen-bond acceptors (Lipinski definition) is 5. The Morgan fingerprint density at radius 1 is 1.65 bits per heavy atom. The second-order valence-electron chi connectivity index (χ2n) is 4.35. The van der Waals surface area contributed by atoms with Gasteiger partial charge in [0.2, 0.25) is 5.82 Å². The van der Waals surface area contributed by atoms with Crippen LogP contribution >= 0.6 is 11.3 Å². The molecule has 0 saturated heterocycles. The average Bonchev–Trinajstić information content (AvgIpc) is 2.72. The summed E-state index contributed by atoms with van der Waals surface area (Å²) in [7, 11) is 1.83. The normalized spacial score (nSPS) is 11.3. The predicted octanol–water partition coefficient (Wildman–Crippen LogP) is 2.40. The first kappa shape index (κ1) is 11.8. The minimum atomic E-state index is -0.376. The van der Waals surface area contributed by atoms with Crippen molar-refractivity contribution in [3.63, 3.8) is 0 Å². The lowest BCUT2D eigenvalue weighted by molar-refractivity contribution is -0.389. The smallest absolute Gasteiger partial charge is 0.358 e. The molecule has 0 fully saturated rings. The summed E-state index contributed by atoms with van der Waals surface area (Å²) >= 11 is 1.40. The van der Waals surface area contributed by atoms with E-state index >= 15 is 0 Å². The number of anilines is 1. The van der Waals surface area contributed by atoms with Crippen LogP contribution in [0.3, 0.4) is 0 Å². The molecule has 92 valence electrons. The standard InChI is InChI=1S/C10H14N4O2S/c1-7(2)6-12(3)8-9(14(15)16)13-4-5-17-10(13)11-8/h4-5,7H,6H2,1-3H3. The molecule has 0 atom stereocenters. The van der Waals surface area contributed by atoms with Crippen molar-refractivity contribution in [2.24, 2.45) is 5.92 Å². The molecule has 0 radical (unpaired) electrons. The van der Waals surface area contributed by atoms with Crippen molar-refractivity contribution in [2.45, 2.75) is 13.8 Å². The van der Waals surface area contributed by atoms with Crippen LogP contribution in [0.4, 0.5) is 11.6 Å². The van der Waals surface area contributed by atoms with Crippen LogP contribution in [0.25, 0.3) is 4.96 Å². The summed E-state index contributed by atoms with van der Waals surface area (Å²) in [5.74, 6) is 0.916. The maximum atomic E-state index is 11.1. The van der Waals surface area contributed by atoms with Gasteiger partial charge >= 0.3 is 5.82 Å². The second kappa shape index (κ2) is 4.33. The average molecular weight is 254 g/mol. The number of nitrogens with zero attached hydrogens (tertiary/aromatic N) is 4. The van der Waals surface area contributed by atoms with E-state index in [-0.39, 0.29) is 10.7 Å². The molecule has 7 heteroatoms. The zero-order valence-electron chi connectivity index (χ0n) is 9.95. The Morgan fingerprint density at radius 2 is 2.35 bits per heavy atom. The Balaban J connectivity index is 2.48. The largest absolute Gasteiger partial charge is 0.373 e. The van der Waals surface area contributed by atoms with E-state index in [0.717, 1.165) is 6.54 Å². The molecule has 0 saturated carbocycles. The van der Waals surface area contributed by atoms with Crippen molar-refractivity contribution in [3.05, 3.63) is 21.7 Å². The molecule has 0 aliphatic carbocycles. The second-order valence-corrected chi connectivity index (χ2v) is 5.22. The van der Waals surface area contributed by atoms with Gasteiger partial charge in [-0.3, -0.25) is 0 Å². The van der Waals surface area contributed by atoms with Gasteiger partial charge in [0.05, 0.1) is 0 Å². The Morgan fingerprint density at radius 3 is 2.94 bits per heavy atom. The quantitative estimate of drug-likeness (QED) is 0.620. The summed E-state index contributed by atoms with van der Waals surface area (Å²) in [4.78, 5) is 17.5. The maximum absolute atomic E-state index is 11.1. The molecule has 2 heterocycles. The van der Waals surface area contributed by atoms with Gasteiger partial charge < -0.3 is 15.0 Å². The first-order valence-corrected chi connectivity index (χ1v) is 6.19. The summed E-state index contributed by atoms with van der Waals surface area (Å²) in [6, 6.07) is 0. The third-order valence-electron chi connectivity index (χ3n) is 2.39. The molecule has 2 rings (SSSR count). The number of hydrogen-bond donors (Lipinski definition) is 0. The highest BCUT2D eigenvalue weighted by Gasteiger charge is 2.26. The molecular weight excluding hydrogens is 240 g/mol. The van der Waals surface area contributed by atoms with E-state index in [1.165, 1.54) is 15.7 Å². The number of rotatable bonds is 4. The topological polar surface area (TPSA) is 63.7 Å². The lowest BCUT2D eigenvalue weighted by Gasteiger charge is -2.17. The van der Waals surface area contributed by atoms with Crippen molar-refractivity contribution in [3.8, 4) is 0 Å². The van der Waals surface area contributed by atoms with E-state index in [0.29, 0.717) is 16.7 Å². The predicted molar refractivity (Wildman–Crippen MR) is 67.8 cm³/mol. The van der Waals surface area contributed by atoms with Gasteiger partial charge in [-0.05, 0) is 10.8 Å². The van der Waals surface area contributed by atoms with Gasteiger partial charge in [0.25, 0.3) is 4.96 Å². The first-order chi connectivity index (χ1) is 8.00. The molecule has 2 aromatic heterocycles. The van der Waals surface area contributed by atoms with Gasteiger partial charge in [0.15, 0.2) is 0 Å². The van der Waals surface area contributed by atoms with Gasteiger partial charge in [-0.1, -0.05) is 25.2 Å². The number of nitro groups is 1. The number of imidazole rings is 1. The Bertz CT molecular complexity index is 545. The fourth-order valence-corrected chi connectivity index (χ4v) is 2.53. The van der Waals surface area contributed by atoms with Crippen molar-refractivity contribution >= 4 is 27.9 Å². The minimum absolute atomic E-state index is 0.0457. The zero-order chi connectivity index (χ0) is 12.6. The Hall–Kier alpha value is -1.63. The fourth-order valence-electron chi connectivity index (χ4n) is 1.82. The molecule has 0 spiro atoms. The van der Waals surface area contributed by atoms with Gasteiger partial charge in [0, 0.05) is 19.0 Å². The maximum Gasteiger partial charge on any atom is 0.373 e. The van der Waals surface area contributed by atoms with Crippen LogP contribution in [0.5, 0.6) is 0 Å². The SMILES string of the molecule is CC(C)CN(C)c1nc2sccn2c1[N+](=O)[O-]. The van der Waals surface area contributed by atoms with Gasteiger partial charge in [-0.15, -0.1) is 0 Å². The van der Waals surface area contributed by atoms with Crippen molar-refractivity contribution < 1.29 is 4.92 Å². The summed E-state index contributed by atoms with van der Waals surface area (Å²) in [5, 5.41) is 12.9. The van der Waals surface area contributed by atoms with E-state index < -0.39 is 0 Å². The lowest BCUT2D eigenvalue weighted by Crippen LogP contribution is -2.23. The van der Waals surface area contributed by atoms with Gasteiger partial charge in [-0.2, -0.15) is 9.38 Å². The first-order valence-electron chi connectivity index (χ1n) is 5.31. The number of aromatic nitrogens is 2. The highest BCUT2D eigenvalue weighted by molar-refractivity contribution is 7.15. The van der Waals surface area contributed by atoms with E-state index in [1.54, 1.807) is 11.6 Å². The summed E-state index contributed by atoms with van der Waals surface area (Å²) in [6.07, 6.45) is 1.68. The zero-order valence-corrected chi connectivity index (χ0v) is 10.8. The van der Waals surface area contributed by atoms with Crippen LogP contribution in [0, 0.1) is 16.0 Å². The molecule has 2 aromatic rings. The van der Waals surface area contributed by atoms with Crippen LogP contribution in [-0.2, 0) is 0 Å². The lowest BCUT2D eigenvalue weighted by atomic mass is 10.2. The van der Waals surface area contributed by atoms with Crippen molar-refractivity contribution in [1.29, 1.82) is 0 Å². The molecule has 0 aliphatic rings. The van der Waals surface area contributed by atoms with Gasteiger partial charge in [-0.25, -0.2) is 0 Å². The third kappa shape index (κ3) is 2.10. The van der Waals surface area contributed by atoms with E-state index in [9.17, 15) is 10.1 Å². The van der Waals surface area contributed by atoms with Crippen molar-refractivity contribution in [2.75, 3.05) is 18.5 Å². The van der Waals surface area contributed by atoms with E-state index in [2.05, 4.69) is 18.8 Å². The van der Waals surface area contributed by atoms with E-state index in [1.807, 2.05) is 11.9 Å². The molecule has 0 aliphatic heterocycles. The summed E-state index contributed by atoms with van der Waals surface area (Å²) < 4.78 is 1.52. The summed E-state index contributed by atoms with van der Waals surface area (Å²) in [6.45, 7) is 4.88. The molecule has 17 heavy (non-hydrogen) atoms. The van der Waals surface area contributed by atoms with Crippen LogP contribution in [0.1, 0.15) is 13.8 Å².